The smallest absolute Gasteiger partial charge is 0.271 e. The van der Waals surface area contributed by atoms with Gasteiger partial charge in [-0.1, -0.05) is 19.3 Å². The van der Waals surface area contributed by atoms with Gasteiger partial charge in [0.25, 0.3) is 11.5 Å². The first-order valence-corrected chi connectivity index (χ1v) is 9.37. The van der Waals surface area contributed by atoms with Crippen LogP contribution in [0.15, 0.2) is 16.4 Å². The first-order valence-electron chi connectivity index (χ1n) is 8.49. The van der Waals surface area contributed by atoms with Gasteiger partial charge in [0.2, 0.25) is 0 Å². The number of hydrogen-bond donors (Lipinski definition) is 2. The van der Waals surface area contributed by atoms with Crippen molar-refractivity contribution in [3.05, 3.63) is 33.2 Å². The number of rotatable bonds is 5. The summed E-state index contributed by atoms with van der Waals surface area (Å²) in [6, 6.07) is -0.0912. The van der Waals surface area contributed by atoms with Crippen molar-refractivity contribution < 1.29 is 9.90 Å². The lowest BCUT2D eigenvalue weighted by molar-refractivity contribution is 0.0897. The molecule has 6 nitrogen and oxygen atoms in total. The molecule has 0 aromatic carbocycles. The third-order valence-electron chi connectivity index (χ3n) is 4.84. The standard InChI is InChI=1S/C17H23N3O3S/c1-11-10-24-17-18-9-13(16(23)20(11)17)15(22)19-14(7-8-21)12-5-3-2-4-6-12/h9-10,12,14,21H,2-8H2,1H3,(H,19,22). The summed E-state index contributed by atoms with van der Waals surface area (Å²) in [7, 11) is 0. The number of aliphatic hydroxyl groups excluding tert-OH is 1. The third kappa shape index (κ3) is 3.37. The molecule has 7 heteroatoms. The van der Waals surface area contributed by atoms with E-state index in [1.54, 1.807) is 0 Å². The van der Waals surface area contributed by atoms with Crippen LogP contribution in [0.1, 0.15) is 54.6 Å². The zero-order chi connectivity index (χ0) is 17.1. The number of thiazole rings is 1. The maximum Gasteiger partial charge on any atom is 0.271 e. The van der Waals surface area contributed by atoms with Crippen molar-refractivity contribution in [3.63, 3.8) is 0 Å². The van der Waals surface area contributed by atoms with Gasteiger partial charge in [-0.15, -0.1) is 11.3 Å². The number of amides is 1. The minimum absolute atomic E-state index is 0.0291. The molecule has 24 heavy (non-hydrogen) atoms. The van der Waals surface area contributed by atoms with Crippen molar-refractivity contribution in [2.75, 3.05) is 6.61 Å². The van der Waals surface area contributed by atoms with E-state index in [2.05, 4.69) is 10.3 Å². The van der Waals surface area contributed by atoms with Crippen LogP contribution in [0.2, 0.25) is 0 Å². The van der Waals surface area contributed by atoms with Crippen LogP contribution in [0.3, 0.4) is 0 Å². The summed E-state index contributed by atoms with van der Waals surface area (Å²) in [6.45, 7) is 1.85. The second-order valence-electron chi connectivity index (χ2n) is 6.46. The Morgan fingerprint density at radius 1 is 1.46 bits per heavy atom. The van der Waals surface area contributed by atoms with Crippen LogP contribution >= 0.6 is 11.3 Å². The molecule has 2 aromatic heterocycles. The molecule has 2 heterocycles. The number of carbonyl (C=O) groups excluding carboxylic acids is 1. The van der Waals surface area contributed by atoms with Crippen LogP contribution in [0.4, 0.5) is 0 Å². The van der Waals surface area contributed by atoms with Crippen molar-refractivity contribution in [2.45, 2.75) is 51.5 Å². The molecule has 0 spiro atoms. The topological polar surface area (TPSA) is 83.7 Å². The molecule has 1 unspecified atom stereocenters. The molecule has 2 N–H and O–H groups in total. The van der Waals surface area contributed by atoms with Gasteiger partial charge >= 0.3 is 0 Å². The molecule has 1 amide bonds. The largest absolute Gasteiger partial charge is 0.396 e. The summed E-state index contributed by atoms with van der Waals surface area (Å²) >= 11 is 1.38. The molecule has 0 saturated heterocycles. The Labute approximate surface area is 144 Å². The summed E-state index contributed by atoms with van der Waals surface area (Å²) < 4.78 is 1.47. The van der Waals surface area contributed by atoms with Gasteiger partial charge < -0.3 is 10.4 Å². The van der Waals surface area contributed by atoms with E-state index in [0.29, 0.717) is 17.3 Å². The average molecular weight is 349 g/mol. The summed E-state index contributed by atoms with van der Waals surface area (Å²) in [6.07, 6.45) is 7.55. The van der Waals surface area contributed by atoms with Crippen LogP contribution in [-0.4, -0.2) is 33.0 Å². The van der Waals surface area contributed by atoms with Crippen molar-refractivity contribution in [3.8, 4) is 0 Å². The molecule has 1 atom stereocenters. The van der Waals surface area contributed by atoms with Crippen LogP contribution in [0.25, 0.3) is 4.96 Å². The summed E-state index contributed by atoms with van der Waals surface area (Å²) in [4.78, 5) is 30.0. The molecular formula is C17H23N3O3S. The van der Waals surface area contributed by atoms with Gasteiger partial charge in [0, 0.05) is 29.9 Å². The van der Waals surface area contributed by atoms with Gasteiger partial charge in [-0.3, -0.25) is 14.0 Å². The summed E-state index contributed by atoms with van der Waals surface area (Å²) in [5.41, 5.74) is 0.511. The number of nitrogens with zero attached hydrogens (tertiary/aromatic N) is 2. The Bertz CT molecular complexity index is 777. The minimum atomic E-state index is -0.392. The Morgan fingerprint density at radius 3 is 2.92 bits per heavy atom. The van der Waals surface area contributed by atoms with Crippen LogP contribution < -0.4 is 10.9 Å². The number of aryl methyl sites for hydroxylation is 1. The normalized spacial score (nSPS) is 17.1. The quantitative estimate of drug-likeness (QED) is 0.866. The SMILES string of the molecule is Cc1csc2ncc(C(=O)NC(CCO)C3CCCCC3)c(=O)n12. The number of fused-ring (bicyclic) bond motifs is 1. The van der Waals surface area contributed by atoms with Gasteiger partial charge in [0.05, 0.1) is 0 Å². The number of carbonyl (C=O) groups is 1. The fourth-order valence-electron chi connectivity index (χ4n) is 3.53. The van der Waals surface area contributed by atoms with E-state index < -0.39 is 5.91 Å². The number of aliphatic hydroxyl groups is 1. The maximum atomic E-state index is 12.6. The van der Waals surface area contributed by atoms with Gasteiger partial charge in [-0.2, -0.15) is 0 Å². The Balaban J connectivity index is 1.83. The fourth-order valence-corrected chi connectivity index (χ4v) is 4.36. The highest BCUT2D eigenvalue weighted by Crippen LogP contribution is 2.27. The van der Waals surface area contributed by atoms with Crippen molar-refractivity contribution in [1.82, 2.24) is 14.7 Å². The van der Waals surface area contributed by atoms with Crippen LogP contribution in [0.5, 0.6) is 0 Å². The first kappa shape index (κ1) is 17.1. The van der Waals surface area contributed by atoms with E-state index in [-0.39, 0.29) is 23.8 Å². The predicted octanol–water partition coefficient (Wildman–Crippen LogP) is 2.13. The van der Waals surface area contributed by atoms with Crippen molar-refractivity contribution in [1.29, 1.82) is 0 Å². The molecule has 1 fully saturated rings. The molecule has 1 aliphatic rings. The maximum absolute atomic E-state index is 12.6. The average Bonchev–Trinajstić information content (AvgIpc) is 2.97. The zero-order valence-corrected chi connectivity index (χ0v) is 14.6. The Morgan fingerprint density at radius 2 is 2.21 bits per heavy atom. The summed E-state index contributed by atoms with van der Waals surface area (Å²) in [5.74, 6) is -0.0197. The third-order valence-corrected chi connectivity index (χ3v) is 5.79. The van der Waals surface area contributed by atoms with E-state index in [9.17, 15) is 14.7 Å². The molecule has 0 aliphatic heterocycles. The van der Waals surface area contributed by atoms with E-state index in [1.165, 1.54) is 28.4 Å². The number of aromatic nitrogens is 2. The minimum Gasteiger partial charge on any atom is -0.396 e. The highest BCUT2D eigenvalue weighted by Gasteiger charge is 2.26. The van der Waals surface area contributed by atoms with Crippen LogP contribution in [-0.2, 0) is 0 Å². The Hall–Kier alpha value is -1.73. The van der Waals surface area contributed by atoms with Gasteiger partial charge in [-0.25, -0.2) is 4.98 Å². The van der Waals surface area contributed by atoms with Gasteiger partial charge in [-0.05, 0) is 32.1 Å². The van der Waals surface area contributed by atoms with Crippen molar-refractivity contribution >= 4 is 22.2 Å². The molecule has 1 aliphatic carbocycles. The summed E-state index contributed by atoms with van der Waals surface area (Å²) in [5, 5.41) is 14.1. The fraction of sp³-hybridized carbons (Fsp3) is 0.588. The molecule has 0 radical (unpaired) electrons. The zero-order valence-electron chi connectivity index (χ0n) is 13.8. The van der Waals surface area contributed by atoms with E-state index in [0.717, 1.165) is 31.4 Å². The molecule has 3 rings (SSSR count). The second kappa shape index (κ2) is 7.44. The van der Waals surface area contributed by atoms with Gasteiger partial charge in [0.15, 0.2) is 4.96 Å². The monoisotopic (exact) mass is 349 g/mol. The Kier molecular flexibility index (Phi) is 5.30. The molecule has 130 valence electrons. The molecule has 0 bridgehead atoms. The van der Waals surface area contributed by atoms with E-state index in [4.69, 9.17) is 0 Å². The lowest BCUT2D eigenvalue weighted by Crippen LogP contribution is -2.43. The highest BCUT2D eigenvalue weighted by atomic mass is 32.1. The van der Waals surface area contributed by atoms with Crippen molar-refractivity contribution in [2.24, 2.45) is 5.92 Å². The van der Waals surface area contributed by atoms with Crippen LogP contribution in [0, 0.1) is 12.8 Å². The van der Waals surface area contributed by atoms with E-state index in [1.807, 2.05) is 12.3 Å². The van der Waals surface area contributed by atoms with E-state index >= 15 is 0 Å². The second-order valence-corrected chi connectivity index (χ2v) is 7.30. The number of nitrogens with one attached hydrogen (secondary N) is 1. The molecular weight excluding hydrogens is 326 g/mol. The predicted molar refractivity (Wildman–Crippen MR) is 93.6 cm³/mol. The highest BCUT2D eigenvalue weighted by molar-refractivity contribution is 7.15. The first-order chi connectivity index (χ1) is 11.6. The lowest BCUT2D eigenvalue weighted by Gasteiger charge is -2.30. The molecule has 1 saturated carbocycles. The van der Waals surface area contributed by atoms with Gasteiger partial charge in [0.1, 0.15) is 5.56 Å². The molecule has 2 aromatic rings. The lowest BCUT2D eigenvalue weighted by atomic mass is 9.82. The number of hydrogen-bond acceptors (Lipinski definition) is 5.